The molecule has 6 nitrogen and oxygen atoms in total. The first-order valence-electron chi connectivity index (χ1n) is 12.5. The first-order chi connectivity index (χ1) is 18.3. The molecule has 4 aromatic rings. The van der Waals surface area contributed by atoms with Crippen LogP contribution in [0.15, 0.2) is 108 Å². The number of carbonyl (C=O) groups excluding carboxylic acids is 1. The summed E-state index contributed by atoms with van der Waals surface area (Å²) in [7, 11) is -2.72. The number of nitrogens with one attached hydrogen (secondary N) is 1. The number of rotatable bonds is 10. The van der Waals surface area contributed by atoms with Gasteiger partial charge in [0.2, 0.25) is 5.91 Å². The number of aryl methyl sites for hydroxylation is 2. The SMILES string of the molecule is CCc1ccc(N(CC(=O)NC(c2ccccc2)c2ccccc2)S(=O)(=O)c2cc(C)ccc2OC)cc1. The lowest BCUT2D eigenvalue weighted by atomic mass is 9.99. The minimum atomic E-state index is -4.15. The summed E-state index contributed by atoms with van der Waals surface area (Å²) < 4.78 is 34.6. The smallest absolute Gasteiger partial charge is 0.268 e. The first-order valence-corrected chi connectivity index (χ1v) is 13.9. The van der Waals surface area contributed by atoms with Crippen molar-refractivity contribution < 1.29 is 17.9 Å². The summed E-state index contributed by atoms with van der Waals surface area (Å²) in [6.07, 6.45) is 0.815. The number of sulfonamides is 1. The molecule has 0 aliphatic heterocycles. The van der Waals surface area contributed by atoms with E-state index < -0.39 is 28.5 Å². The molecule has 0 aromatic heterocycles. The summed E-state index contributed by atoms with van der Waals surface area (Å²) in [6, 6.07) is 31.0. The Morgan fingerprint density at radius 3 is 1.97 bits per heavy atom. The Kier molecular flexibility index (Phi) is 8.48. The molecule has 0 saturated heterocycles. The fourth-order valence-corrected chi connectivity index (χ4v) is 5.97. The second kappa shape index (κ2) is 12.0. The number of benzene rings is 4. The van der Waals surface area contributed by atoms with Crippen molar-refractivity contribution in [2.45, 2.75) is 31.2 Å². The molecule has 0 aliphatic carbocycles. The Hall–Kier alpha value is -4.10. The molecular formula is C31H32N2O4S. The minimum absolute atomic E-state index is 0.00929. The Morgan fingerprint density at radius 2 is 1.45 bits per heavy atom. The van der Waals surface area contributed by atoms with Gasteiger partial charge in [-0.15, -0.1) is 0 Å². The highest BCUT2D eigenvalue weighted by Crippen LogP contribution is 2.31. The molecule has 0 radical (unpaired) electrons. The van der Waals surface area contributed by atoms with Gasteiger partial charge in [0.1, 0.15) is 17.2 Å². The molecular weight excluding hydrogens is 496 g/mol. The fourth-order valence-electron chi connectivity index (χ4n) is 4.30. The zero-order valence-electron chi connectivity index (χ0n) is 21.8. The highest BCUT2D eigenvalue weighted by Gasteiger charge is 2.31. The quantitative estimate of drug-likeness (QED) is 0.288. The lowest BCUT2D eigenvalue weighted by Gasteiger charge is -2.27. The van der Waals surface area contributed by atoms with E-state index in [2.05, 4.69) is 5.32 Å². The van der Waals surface area contributed by atoms with Crippen LogP contribution in [-0.2, 0) is 21.2 Å². The van der Waals surface area contributed by atoms with Gasteiger partial charge in [-0.1, -0.05) is 85.8 Å². The number of methoxy groups -OCH3 is 1. The third-order valence-electron chi connectivity index (χ3n) is 6.38. The summed E-state index contributed by atoms with van der Waals surface area (Å²) in [6.45, 7) is 3.44. The summed E-state index contributed by atoms with van der Waals surface area (Å²) in [4.78, 5) is 13.6. The maximum Gasteiger partial charge on any atom is 0.268 e. The molecule has 7 heteroatoms. The van der Waals surface area contributed by atoms with Crippen LogP contribution in [-0.4, -0.2) is 28.0 Å². The highest BCUT2D eigenvalue weighted by atomic mass is 32.2. The van der Waals surface area contributed by atoms with E-state index in [4.69, 9.17) is 4.74 Å². The molecule has 0 atom stereocenters. The van der Waals surface area contributed by atoms with Crippen LogP contribution >= 0.6 is 0 Å². The average molecular weight is 529 g/mol. The highest BCUT2D eigenvalue weighted by molar-refractivity contribution is 7.93. The van der Waals surface area contributed by atoms with Crippen LogP contribution in [0, 0.1) is 6.92 Å². The number of amides is 1. The molecule has 0 fully saturated rings. The van der Waals surface area contributed by atoms with Crippen LogP contribution in [0.4, 0.5) is 5.69 Å². The van der Waals surface area contributed by atoms with Crippen molar-refractivity contribution in [1.29, 1.82) is 0 Å². The lowest BCUT2D eigenvalue weighted by Crippen LogP contribution is -2.42. The van der Waals surface area contributed by atoms with Gasteiger partial charge in [-0.3, -0.25) is 9.10 Å². The third-order valence-corrected chi connectivity index (χ3v) is 8.17. The van der Waals surface area contributed by atoms with E-state index in [-0.39, 0.29) is 10.6 Å². The molecule has 0 spiro atoms. The van der Waals surface area contributed by atoms with Crippen molar-refractivity contribution in [2.24, 2.45) is 0 Å². The average Bonchev–Trinajstić information content (AvgIpc) is 2.95. The van der Waals surface area contributed by atoms with Crippen LogP contribution in [0.5, 0.6) is 5.75 Å². The van der Waals surface area contributed by atoms with Crippen molar-refractivity contribution in [2.75, 3.05) is 18.0 Å². The summed E-state index contributed by atoms with van der Waals surface area (Å²) in [5, 5.41) is 3.06. The Balaban J connectivity index is 1.73. The van der Waals surface area contributed by atoms with Gasteiger partial charge in [0.05, 0.1) is 18.8 Å². The van der Waals surface area contributed by atoms with Gasteiger partial charge in [0.25, 0.3) is 10.0 Å². The van der Waals surface area contributed by atoms with E-state index in [0.717, 1.165) is 33.0 Å². The summed E-state index contributed by atoms with van der Waals surface area (Å²) in [5.74, 6) is -0.213. The molecule has 4 rings (SSSR count). The zero-order chi connectivity index (χ0) is 27.1. The van der Waals surface area contributed by atoms with Crippen molar-refractivity contribution in [3.05, 3.63) is 125 Å². The third kappa shape index (κ3) is 6.06. The van der Waals surface area contributed by atoms with Crippen molar-refractivity contribution in [1.82, 2.24) is 5.32 Å². The number of hydrogen-bond acceptors (Lipinski definition) is 4. The largest absolute Gasteiger partial charge is 0.495 e. The van der Waals surface area contributed by atoms with Crippen molar-refractivity contribution in [3.8, 4) is 5.75 Å². The van der Waals surface area contributed by atoms with Crippen LogP contribution < -0.4 is 14.4 Å². The van der Waals surface area contributed by atoms with E-state index in [0.29, 0.717) is 5.69 Å². The van der Waals surface area contributed by atoms with Gasteiger partial charge in [0.15, 0.2) is 0 Å². The molecule has 38 heavy (non-hydrogen) atoms. The number of nitrogens with zero attached hydrogens (tertiary/aromatic N) is 1. The zero-order valence-corrected chi connectivity index (χ0v) is 22.6. The maximum absolute atomic E-state index is 14.0. The van der Waals surface area contributed by atoms with Crippen LogP contribution in [0.3, 0.4) is 0 Å². The van der Waals surface area contributed by atoms with Gasteiger partial charge in [-0.05, 0) is 59.9 Å². The Bertz CT molecular complexity index is 1430. The monoisotopic (exact) mass is 528 g/mol. The van der Waals surface area contributed by atoms with E-state index in [1.54, 1.807) is 30.3 Å². The number of ether oxygens (including phenoxy) is 1. The fraction of sp³-hybridized carbons (Fsp3) is 0.194. The predicted molar refractivity (Wildman–Crippen MR) is 151 cm³/mol. The van der Waals surface area contributed by atoms with Gasteiger partial charge in [0, 0.05) is 0 Å². The van der Waals surface area contributed by atoms with Crippen molar-refractivity contribution >= 4 is 21.6 Å². The van der Waals surface area contributed by atoms with Crippen LogP contribution in [0.1, 0.15) is 35.2 Å². The molecule has 0 bridgehead atoms. The summed E-state index contributed by atoms with van der Waals surface area (Å²) in [5.41, 5.74) is 4.03. The van der Waals surface area contributed by atoms with Gasteiger partial charge in [-0.25, -0.2) is 8.42 Å². The molecule has 0 heterocycles. The molecule has 1 N–H and O–H groups in total. The summed E-state index contributed by atoms with van der Waals surface area (Å²) >= 11 is 0. The van der Waals surface area contributed by atoms with E-state index in [1.807, 2.05) is 86.6 Å². The van der Waals surface area contributed by atoms with E-state index >= 15 is 0 Å². The Labute approximate surface area is 225 Å². The Morgan fingerprint density at radius 1 is 0.868 bits per heavy atom. The second-order valence-corrected chi connectivity index (χ2v) is 10.8. The predicted octanol–water partition coefficient (Wildman–Crippen LogP) is 5.67. The first kappa shape index (κ1) is 26.9. The molecule has 0 unspecified atom stereocenters. The van der Waals surface area contributed by atoms with Crippen LogP contribution in [0.25, 0.3) is 0 Å². The second-order valence-electron chi connectivity index (χ2n) is 9.01. The minimum Gasteiger partial charge on any atom is -0.495 e. The normalized spacial score (nSPS) is 11.3. The van der Waals surface area contributed by atoms with Gasteiger partial charge < -0.3 is 10.1 Å². The number of anilines is 1. The lowest BCUT2D eigenvalue weighted by molar-refractivity contribution is -0.120. The molecule has 4 aromatic carbocycles. The topological polar surface area (TPSA) is 75.7 Å². The maximum atomic E-state index is 14.0. The van der Waals surface area contributed by atoms with E-state index in [1.165, 1.54) is 7.11 Å². The standard InChI is InChI=1S/C31H32N2O4S/c1-4-24-16-18-27(19-17-24)33(38(35,36)29-21-23(2)15-20-28(29)37-3)22-30(34)32-31(25-11-7-5-8-12-25)26-13-9-6-10-14-26/h5-21,31H,4,22H2,1-3H3,(H,32,34). The number of hydrogen-bond donors (Lipinski definition) is 1. The molecule has 0 saturated carbocycles. The van der Waals surface area contributed by atoms with Gasteiger partial charge in [-0.2, -0.15) is 0 Å². The van der Waals surface area contributed by atoms with E-state index in [9.17, 15) is 13.2 Å². The molecule has 0 aliphatic rings. The van der Waals surface area contributed by atoms with Crippen LogP contribution in [0.2, 0.25) is 0 Å². The molecule has 1 amide bonds. The number of carbonyl (C=O) groups is 1. The van der Waals surface area contributed by atoms with Gasteiger partial charge >= 0.3 is 0 Å². The van der Waals surface area contributed by atoms with Crippen molar-refractivity contribution in [3.63, 3.8) is 0 Å². The molecule has 196 valence electrons.